The first kappa shape index (κ1) is 23.8. The van der Waals surface area contributed by atoms with Crippen LogP contribution in [-0.4, -0.2) is 59.9 Å². The zero-order chi connectivity index (χ0) is 24.4. The highest BCUT2D eigenvalue weighted by Crippen LogP contribution is 2.31. The fourth-order valence-electron chi connectivity index (χ4n) is 5.18. The molecule has 0 saturated carbocycles. The number of fused-ring (bicyclic) bond motifs is 1. The van der Waals surface area contributed by atoms with Crippen LogP contribution >= 0.6 is 11.6 Å². The second-order valence-corrected chi connectivity index (χ2v) is 9.78. The Balaban J connectivity index is 1.32. The van der Waals surface area contributed by atoms with Crippen molar-refractivity contribution in [2.75, 3.05) is 49.1 Å². The molecule has 184 valence electrons. The number of piperazine rings is 1. The first-order valence-corrected chi connectivity index (χ1v) is 12.7. The highest BCUT2D eigenvalue weighted by Gasteiger charge is 2.28. The van der Waals surface area contributed by atoms with Gasteiger partial charge in [-0.15, -0.1) is 0 Å². The Morgan fingerprint density at radius 3 is 2.40 bits per heavy atom. The molecule has 1 aliphatic heterocycles. The lowest BCUT2D eigenvalue weighted by Crippen LogP contribution is -2.49. The van der Waals surface area contributed by atoms with E-state index >= 15 is 0 Å². The molecule has 8 heteroatoms. The number of rotatable bonds is 6. The highest BCUT2D eigenvalue weighted by atomic mass is 35.5. The number of nitrogens with zero attached hydrogens (tertiary/aromatic N) is 5. The van der Waals surface area contributed by atoms with Crippen LogP contribution < -0.4 is 9.80 Å². The summed E-state index contributed by atoms with van der Waals surface area (Å²) in [7, 11) is 1.94. The smallest absolute Gasteiger partial charge is 0.259 e. The van der Waals surface area contributed by atoms with E-state index in [9.17, 15) is 9.18 Å². The van der Waals surface area contributed by atoms with Gasteiger partial charge in [0.15, 0.2) is 0 Å². The Kier molecular flexibility index (Phi) is 7.07. The van der Waals surface area contributed by atoms with Gasteiger partial charge in [0.05, 0.1) is 5.69 Å². The highest BCUT2D eigenvalue weighted by molar-refractivity contribution is 6.30. The number of aryl methyl sites for hydroxylation is 2. The van der Waals surface area contributed by atoms with Gasteiger partial charge in [-0.25, -0.2) is 4.39 Å². The Labute approximate surface area is 210 Å². The van der Waals surface area contributed by atoms with E-state index in [2.05, 4.69) is 9.80 Å². The maximum atomic E-state index is 13.7. The molecule has 1 saturated heterocycles. The number of hydrogen-bond acceptors (Lipinski definition) is 4. The van der Waals surface area contributed by atoms with Gasteiger partial charge in [-0.3, -0.25) is 19.3 Å². The van der Waals surface area contributed by atoms with Crippen molar-refractivity contribution in [2.24, 2.45) is 7.05 Å². The fourth-order valence-corrected chi connectivity index (χ4v) is 5.30. The Hall–Kier alpha value is -2.90. The third-order valence-corrected chi connectivity index (χ3v) is 7.33. The lowest BCUT2D eigenvalue weighted by atomic mass is 9.97. The second-order valence-electron chi connectivity index (χ2n) is 9.35. The topological polar surface area (TPSA) is 44.6 Å². The molecule has 0 N–H and O–H groups in total. The molecule has 2 aliphatic rings. The Morgan fingerprint density at radius 2 is 1.69 bits per heavy atom. The Morgan fingerprint density at radius 1 is 1.00 bits per heavy atom. The molecule has 0 radical (unpaired) electrons. The number of anilines is 2. The van der Waals surface area contributed by atoms with E-state index in [0.29, 0.717) is 17.1 Å². The van der Waals surface area contributed by atoms with Crippen LogP contribution in [0.5, 0.6) is 0 Å². The third kappa shape index (κ3) is 5.21. The van der Waals surface area contributed by atoms with Crippen molar-refractivity contribution in [1.29, 1.82) is 0 Å². The molecule has 1 aliphatic carbocycles. The molecule has 0 spiro atoms. The standard InChI is InChI=1S/C27H31ClFN5O/c1-31-26(24-4-2-3-5-25(24)30-31)34(27(35)20-6-8-21(28)9-7-20)19-16-32-14-17-33(18-15-32)23-12-10-22(29)11-13-23/h6-13H,2-5,14-19H2,1H3. The van der Waals surface area contributed by atoms with Crippen LogP contribution in [0.4, 0.5) is 15.9 Å². The van der Waals surface area contributed by atoms with Gasteiger partial charge in [0.2, 0.25) is 0 Å². The second kappa shape index (κ2) is 10.4. The molecular weight excluding hydrogens is 465 g/mol. The normalized spacial score (nSPS) is 16.3. The summed E-state index contributed by atoms with van der Waals surface area (Å²) in [6.07, 6.45) is 4.20. The number of amides is 1. The van der Waals surface area contributed by atoms with Crippen LogP contribution in [0.3, 0.4) is 0 Å². The maximum absolute atomic E-state index is 13.7. The molecule has 0 atom stereocenters. The van der Waals surface area contributed by atoms with E-state index in [1.54, 1.807) is 24.3 Å². The van der Waals surface area contributed by atoms with Crippen LogP contribution in [-0.2, 0) is 19.9 Å². The van der Waals surface area contributed by atoms with E-state index in [-0.39, 0.29) is 11.7 Å². The molecule has 1 aromatic heterocycles. The zero-order valence-corrected chi connectivity index (χ0v) is 20.8. The van der Waals surface area contributed by atoms with Gasteiger partial charge in [-0.05, 0) is 74.2 Å². The predicted molar refractivity (Wildman–Crippen MR) is 138 cm³/mol. The van der Waals surface area contributed by atoms with Crippen molar-refractivity contribution >= 4 is 29.0 Å². The summed E-state index contributed by atoms with van der Waals surface area (Å²) in [6.45, 7) is 4.89. The van der Waals surface area contributed by atoms with Gasteiger partial charge in [0.1, 0.15) is 11.6 Å². The average Bonchev–Trinajstić information content (AvgIpc) is 3.21. The predicted octanol–water partition coefficient (Wildman–Crippen LogP) is 4.56. The third-order valence-electron chi connectivity index (χ3n) is 7.08. The minimum absolute atomic E-state index is 0.0250. The SMILES string of the molecule is Cn1nc2c(c1N(CCN1CCN(c3ccc(F)cc3)CC1)C(=O)c1ccc(Cl)cc1)CCCC2. The van der Waals surface area contributed by atoms with Crippen LogP contribution in [0.25, 0.3) is 0 Å². The molecule has 2 aromatic carbocycles. The molecule has 3 aromatic rings. The number of hydrogen-bond donors (Lipinski definition) is 0. The molecule has 6 nitrogen and oxygen atoms in total. The molecular formula is C27H31ClFN5O. The summed E-state index contributed by atoms with van der Waals surface area (Å²) in [5, 5.41) is 5.38. The number of carbonyl (C=O) groups excluding carboxylic acids is 1. The van der Waals surface area contributed by atoms with Gasteiger partial charge in [-0.2, -0.15) is 5.10 Å². The van der Waals surface area contributed by atoms with Gasteiger partial charge >= 0.3 is 0 Å². The molecule has 1 amide bonds. The van der Waals surface area contributed by atoms with E-state index in [4.69, 9.17) is 16.7 Å². The van der Waals surface area contributed by atoms with Crippen LogP contribution in [0.2, 0.25) is 5.02 Å². The first-order valence-electron chi connectivity index (χ1n) is 12.3. The molecule has 0 bridgehead atoms. The summed E-state index contributed by atoms with van der Waals surface area (Å²) < 4.78 is 15.2. The molecule has 35 heavy (non-hydrogen) atoms. The quantitative estimate of drug-likeness (QED) is 0.503. The summed E-state index contributed by atoms with van der Waals surface area (Å²) in [5.74, 6) is 0.683. The van der Waals surface area contributed by atoms with Crippen molar-refractivity contribution < 1.29 is 9.18 Å². The van der Waals surface area contributed by atoms with E-state index in [1.165, 1.54) is 17.7 Å². The van der Waals surface area contributed by atoms with Crippen molar-refractivity contribution in [3.63, 3.8) is 0 Å². The summed E-state index contributed by atoms with van der Waals surface area (Å²) >= 11 is 6.07. The van der Waals surface area contributed by atoms with Gasteiger partial charge in [0, 0.05) is 68.2 Å². The monoisotopic (exact) mass is 495 g/mol. The van der Waals surface area contributed by atoms with Gasteiger partial charge in [0.25, 0.3) is 5.91 Å². The number of halogens is 2. The van der Waals surface area contributed by atoms with Crippen LogP contribution in [0.15, 0.2) is 48.5 Å². The van der Waals surface area contributed by atoms with Gasteiger partial charge < -0.3 is 4.90 Å². The summed E-state index contributed by atoms with van der Waals surface area (Å²) in [4.78, 5) is 20.3. The fraction of sp³-hybridized carbons (Fsp3) is 0.407. The molecule has 1 fully saturated rings. The van der Waals surface area contributed by atoms with Crippen LogP contribution in [0.1, 0.15) is 34.5 Å². The van der Waals surface area contributed by atoms with Crippen LogP contribution in [0, 0.1) is 5.82 Å². The minimum Gasteiger partial charge on any atom is -0.369 e. The van der Waals surface area contributed by atoms with E-state index in [1.807, 2.05) is 28.8 Å². The first-order chi connectivity index (χ1) is 17.0. The zero-order valence-electron chi connectivity index (χ0n) is 20.1. The summed E-state index contributed by atoms with van der Waals surface area (Å²) in [6, 6.07) is 13.8. The van der Waals surface area contributed by atoms with Crippen molar-refractivity contribution in [2.45, 2.75) is 25.7 Å². The van der Waals surface area contributed by atoms with Crippen molar-refractivity contribution in [3.05, 3.63) is 76.2 Å². The number of aromatic nitrogens is 2. The molecule has 0 unspecified atom stereocenters. The molecule has 5 rings (SSSR count). The van der Waals surface area contributed by atoms with E-state index < -0.39 is 0 Å². The maximum Gasteiger partial charge on any atom is 0.259 e. The molecule has 2 heterocycles. The lowest BCUT2D eigenvalue weighted by Gasteiger charge is -2.37. The van der Waals surface area contributed by atoms with Crippen molar-refractivity contribution in [1.82, 2.24) is 14.7 Å². The lowest BCUT2D eigenvalue weighted by molar-refractivity contribution is 0.0981. The number of benzene rings is 2. The number of carbonyl (C=O) groups is 1. The van der Waals surface area contributed by atoms with Gasteiger partial charge in [-0.1, -0.05) is 11.6 Å². The minimum atomic E-state index is -0.213. The van der Waals surface area contributed by atoms with E-state index in [0.717, 1.165) is 75.6 Å². The van der Waals surface area contributed by atoms with Crippen molar-refractivity contribution in [3.8, 4) is 0 Å². The summed E-state index contributed by atoms with van der Waals surface area (Å²) in [5.41, 5.74) is 4.01. The average molecular weight is 496 g/mol. The Bertz CT molecular complexity index is 1170. The largest absolute Gasteiger partial charge is 0.369 e.